The van der Waals surface area contributed by atoms with Gasteiger partial charge in [-0.3, -0.25) is 0 Å². The molecule has 0 saturated heterocycles. The molecule has 0 spiro atoms. The highest BCUT2D eigenvalue weighted by Gasteiger charge is 2.11. The molecular weight excluding hydrogens is 275 g/mol. The number of aromatic amines is 1. The highest BCUT2D eigenvalue weighted by molar-refractivity contribution is 7.99. The third-order valence-electron chi connectivity index (χ3n) is 2.26. The molecule has 0 atom stereocenters. The molecule has 1 heterocycles. The van der Waals surface area contributed by atoms with E-state index in [4.69, 9.17) is 23.2 Å². The maximum absolute atomic E-state index is 5.97. The quantitative estimate of drug-likeness (QED) is 0.861. The van der Waals surface area contributed by atoms with Crippen molar-refractivity contribution in [2.75, 3.05) is 0 Å². The summed E-state index contributed by atoms with van der Waals surface area (Å²) in [4.78, 5) is 8.47. The smallest absolute Gasteiger partial charge is 0.122 e. The standard InChI is InChI=1S/C12H12Cl2N2S/c1-7(2)11-12(16-6-15-11)17-10-4-8(13)3-9(14)5-10/h3-7H,1-2H3,(H,15,16). The lowest BCUT2D eigenvalue weighted by atomic mass is 10.2. The van der Waals surface area contributed by atoms with E-state index in [1.807, 2.05) is 12.1 Å². The zero-order chi connectivity index (χ0) is 12.4. The summed E-state index contributed by atoms with van der Waals surface area (Å²) in [5.41, 5.74) is 1.13. The predicted octanol–water partition coefficient (Wildman–Crippen LogP) is 4.99. The van der Waals surface area contributed by atoms with Crippen molar-refractivity contribution in [1.29, 1.82) is 0 Å². The van der Waals surface area contributed by atoms with Crippen molar-refractivity contribution < 1.29 is 0 Å². The molecule has 0 unspecified atom stereocenters. The van der Waals surface area contributed by atoms with Gasteiger partial charge in [-0.05, 0) is 24.1 Å². The van der Waals surface area contributed by atoms with Crippen LogP contribution in [0.5, 0.6) is 0 Å². The normalized spacial score (nSPS) is 11.1. The van der Waals surface area contributed by atoms with Crippen molar-refractivity contribution in [3.05, 3.63) is 40.3 Å². The van der Waals surface area contributed by atoms with Gasteiger partial charge in [-0.25, -0.2) is 4.98 Å². The number of imidazole rings is 1. The number of aromatic nitrogens is 2. The van der Waals surface area contributed by atoms with Crippen LogP contribution in [-0.4, -0.2) is 9.97 Å². The predicted molar refractivity (Wildman–Crippen MR) is 73.3 cm³/mol. The minimum Gasteiger partial charge on any atom is -0.347 e. The number of hydrogen-bond acceptors (Lipinski definition) is 2. The molecule has 0 aliphatic carbocycles. The molecule has 17 heavy (non-hydrogen) atoms. The molecule has 0 amide bonds. The van der Waals surface area contributed by atoms with Gasteiger partial charge in [-0.1, -0.05) is 48.8 Å². The van der Waals surface area contributed by atoms with Crippen molar-refractivity contribution in [3.63, 3.8) is 0 Å². The molecule has 0 bridgehead atoms. The molecule has 5 heteroatoms. The average molecular weight is 287 g/mol. The monoisotopic (exact) mass is 286 g/mol. The van der Waals surface area contributed by atoms with Crippen molar-refractivity contribution in [2.45, 2.75) is 29.7 Å². The molecule has 0 aliphatic heterocycles. The molecule has 1 N–H and O–H groups in total. The average Bonchev–Trinajstić information content (AvgIpc) is 2.63. The van der Waals surface area contributed by atoms with Crippen molar-refractivity contribution >= 4 is 35.0 Å². The summed E-state index contributed by atoms with van der Waals surface area (Å²) >= 11 is 13.5. The van der Waals surface area contributed by atoms with Gasteiger partial charge in [-0.2, -0.15) is 0 Å². The Bertz CT molecular complexity index is 503. The molecule has 2 aromatic rings. The van der Waals surface area contributed by atoms with Gasteiger partial charge in [0.1, 0.15) is 5.03 Å². The fourth-order valence-corrected chi connectivity index (χ4v) is 3.25. The molecular formula is C12H12Cl2N2S. The van der Waals surface area contributed by atoms with E-state index in [1.165, 1.54) is 0 Å². The minimum atomic E-state index is 0.412. The van der Waals surface area contributed by atoms with Crippen LogP contribution >= 0.6 is 35.0 Å². The van der Waals surface area contributed by atoms with Crippen LogP contribution in [0.4, 0.5) is 0 Å². The van der Waals surface area contributed by atoms with Crippen LogP contribution < -0.4 is 0 Å². The molecule has 0 aliphatic rings. The highest BCUT2D eigenvalue weighted by atomic mass is 35.5. The summed E-state index contributed by atoms with van der Waals surface area (Å²) in [5, 5.41) is 2.25. The molecule has 2 rings (SSSR count). The van der Waals surface area contributed by atoms with Crippen LogP contribution in [-0.2, 0) is 0 Å². The Morgan fingerprint density at radius 3 is 2.41 bits per heavy atom. The number of benzene rings is 1. The first-order chi connectivity index (χ1) is 8.06. The Morgan fingerprint density at radius 1 is 1.18 bits per heavy atom. The van der Waals surface area contributed by atoms with Gasteiger partial charge in [0.2, 0.25) is 0 Å². The minimum absolute atomic E-state index is 0.412. The van der Waals surface area contributed by atoms with E-state index in [1.54, 1.807) is 24.2 Å². The molecule has 1 aromatic carbocycles. The Labute approximate surface area is 115 Å². The molecule has 0 radical (unpaired) electrons. The number of nitrogens with one attached hydrogen (secondary N) is 1. The SMILES string of the molecule is CC(C)c1[nH]cnc1Sc1cc(Cl)cc(Cl)c1. The van der Waals surface area contributed by atoms with Crippen LogP contribution in [0.1, 0.15) is 25.5 Å². The summed E-state index contributed by atoms with van der Waals surface area (Å²) in [7, 11) is 0. The number of halogens is 2. The number of H-pyrrole nitrogens is 1. The first-order valence-corrected chi connectivity index (χ1v) is 6.80. The Hall–Kier alpha value is -0.640. The lowest BCUT2D eigenvalue weighted by Gasteiger charge is -2.06. The third kappa shape index (κ3) is 3.18. The highest BCUT2D eigenvalue weighted by Crippen LogP contribution is 2.34. The largest absolute Gasteiger partial charge is 0.347 e. The van der Waals surface area contributed by atoms with Crippen molar-refractivity contribution in [3.8, 4) is 0 Å². The summed E-state index contributed by atoms with van der Waals surface area (Å²) in [5.74, 6) is 0.412. The van der Waals surface area contributed by atoms with Crippen LogP contribution in [0.15, 0.2) is 34.4 Å². The van der Waals surface area contributed by atoms with Crippen molar-refractivity contribution in [1.82, 2.24) is 9.97 Å². The first-order valence-electron chi connectivity index (χ1n) is 5.23. The second-order valence-corrected chi connectivity index (χ2v) is 5.92. The molecule has 90 valence electrons. The molecule has 0 fully saturated rings. The fraction of sp³-hybridized carbons (Fsp3) is 0.250. The Kier molecular flexibility index (Phi) is 4.02. The van der Waals surface area contributed by atoms with E-state index in [0.717, 1.165) is 15.6 Å². The van der Waals surface area contributed by atoms with Gasteiger partial charge in [0.05, 0.1) is 12.0 Å². The summed E-state index contributed by atoms with van der Waals surface area (Å²) in [6.07, 6.45) is 1.71. The van der Waals surface area contributed by atoms with Crippen LogP contribution in [0.3, 0.4) is 0 Å². The zero-order valence-electron chi connectivity index (χ0n) is 9.50. The van der Waals surface area contributed by atoms with E-state index in [-0.39, 0.29) is 0 Å². The molecule has 1 aromatic heterocycles. The van der Waals surface area contributed by atoms with E-state index in [2.05, 4.69) is 23.8 Å². The second-order valence-electron chi connectivity index (χ2n) is 3.98. The molecule has 0 saturated carbocycles. The van der Waals surface area contributed by atoms with E-state index >= 15 is 0 Å². The summed E-state index contributed by atoms with van der Waals surface area (Å²) < 4.78 is 0. The van der Waals surface area contributed by atoms with Gasteiger partial charge in [-0.15, -0.1) is 0 Å². The van der Waals surface area contributed by atoms with E-state index in [0.29, 0.717) is 16.0 Å². The summed E-state index contributed by atoms with van der Waals surface area (Å²) in [6.45, 7) is 4.26. The fourth-order valence-electron chi connectivity index (χ4n) is 1.49. The zero-order valence-corrected chi connectivity index (χ0v) is 11.8. The Balaban J connectivity index is 2.28. The van der Waals surface area contributed by atoms with E-state index in [9.17, 15) is 0 Å². The summed E-state index contributed by atoms with van der Waals surface area (Å²) in [6, 6.07) is 5.49. The lowest BCUT2D eigenvalue weighted by molar-refractivity contribution is 0.805. The topological polar surface area (TPSA) is 28.7 Å². The van der Waals surface area contributed by atoms with Gasteiger partial charge < -0.3 is 4.98 Å². The number of nitrogens with zero attached hydrogens (tertiary/aromatic N) is 1. The Morgan fingerprint density at radius 2 is 1.82 bits per heavy atom. The van der Waals surface area contributed by atoms with Gasteiger partial charge in [0.15, 0.2) is 0 Å². The maximum Gasteiger partial charge on any atom is 0.122 e. The van der Waals surface area contributed by atoms with Crippen LogP contribution in [0.2, 0.25) is 10.0 Å². The first kappa shape index (κ1) is 12.8. The van der Waals surface area contributed by atoms with Crippen molar-refractivity contribution in [2.24, 2.45) is 0 Å². The number of rotatable bonds is 3. The maximum atomic E-state index is 5.97. The van der Waals surface area contributed by atoms with Gasteiger partial charge in [0, 0.05) is 14.9 Å². The third-order valence-corrected chi connectivity index (χ3v) is 3.69. The lowest BCUT2D eigenvalue weighted by Crippen LogP contribution is -1.89. The molecule has 2 nitrogen and oxygen atoms in total. The van der Waals surface area contributed by atoms with Gasteiger partial charge >= 0.3 is 0 Å². The van der Waals surface area contributed by atoms with Crippen LogP contribution in [0, 0.1) is 0 Å². The van der Waals surface area contributed by atoms with Gasteiger partial charge in [0.25, 0.3) is 0 Å². The number of hydrogen-bond donors (Lipinski definition) is 1. The van der Waals surface area contributed by atoms with E-state index < -0.39 is 0 Å². The second kappa shape index (κ2) is 5.34. The van der Waals surface area contributed by atoms with Crippen LogP contribution in [0.25, 0.3) is 0 Å².